The summed E-state index contributed by atoms with van der Waals surface area (Å²) in [5.41, 5.74) is 0. The lowest BCUT2D eigenvalue weighted by atomic mass is 10.3. The van der Waals surface area contributed by atoms with Crippen LogP contribution in [0.1, 0.15) is 25.7 Å². The van der Waals surface area contributed by atoms with Crippen molar-refractivity contribution in [3.63, 3.8) is 0 Å². The molecule has 0 saturated carbocycles. The predicted molar refractivity (Wildman–Crippen MR) is 66.6 cm³/mol. The number of likely N-dealkylation sites (tertiary alicyclic amines) is 1. The summed E-state index contributed by atoms with van der Waals surface area (Å²) in [7, 11) is 2.47. The molecular formula is C11H23NO4Si. The van der Waals surface area contributed by atoms with Crippen molar-refractivity contribution < 1.29 is 18.1 Å². The normalized spacial score (nSPS) is 16.9. The molecule has 1 amide bonds. The molecule has 0 atom stereocenters. The summed E-state index contributed by atoms with van der Waals surface area (Å²) in [6.07, 6.45) is 3.67. The topological polar surface area (TPSA) is 48.0 Å². The van der Waals surface area contributed by atoms with E-state index < -0.39 is 8.80 Å². The van der Waals surface area contributed by atoms with Crippen LogP contribution < -0.4 is 0 Å². The highest BCUT2D eigenvalue weighted by atomic mass is 28.4. The van der Waals surface area contributed by atoms with Crippen LogP contribution in [0.3, 0.4) is 0 Å². The van der Waals surface area contributed by atoms with Gasteiger partial charge in [-0.3, -0.25) is 4.79 Å². The van der Waals surface area contributed by atoms with Crippen LogP contribution in [-0.4, -0.2) is 54.0 Å². The van der Waals surface area contributed by atoms with Gasteiger partial charge in [-0.05, 0) is 19.3 Å². The molecule has 1 fully saturated rings. The van der Waals surface area contributed by atoms with Gasteiger partial charge < -0.3 is 18.2 Å². The zero-order valence-electron chi connectivity index (χ0n) is 11.0. The zero-order valence-corrected chi connectivity index (χ0v) is 12.0. The van der Waals surface area contributed by atoms with Gasteiger partial charge in [-0.1, -0.05) is 0 Å². The highest BCUT2D eigenvalue weighted by Gasteiger charge is 2.36. The number of carbonyl (C=O) groups excluding carboxylic acids is 1. The summed E-state index contributed by atoms with van der Waals surface area (Å²) in [5, 5.41) is 0. The molecule has 0 N–H and O–H groups in total. The van der Waals surface area contributed by atoms with Crippen LogP contribution in [0, 0.1) is 0 Å². The average Bonchev–Trinajstić information content (AvgIpc) is 2.76. The van der Waals surface area contributed by atoms with Gasteiger partial charge in [0, 0.05) is 46.9 Å². The van der Waals surface area contributed by atoms with E-state index in [2.05, 4.69) is 0 Å². The Balaban J connectivity index is 2.20. The minimum absolute atomic E-state index is 0.290. The van der Waals surface area contributed by atoms with Crippen molar-refractivity contribution in [3.05, 3.63) is 0 Å². The van der Waals surface area contributed by atoms with Crippen molar-refractivity contribution >= 4 is 14.7 Å². The van der Waals surface area contributed by atoms with E-state index in [1.54, 1.807) is 21.3 Å². The molecule has 0 aromatic carbocycles. The lowest BCUT2D eigenvalue weighted by molar-refractivity contribution is -0.127. The van der Waals surface area contributed by atoms with Gasteiger partial charge in [-0.15, -0.1) is 0 Å². The zero-order chi connectivity index (χ0) is 12.7. The van der Waals surface area contributed by atoms with E-state index >= 15 is 0 Å². The molecule has 1 aliphatic heterocycles. The first-order valence-corrected chi connectivity index (χ1v) is 8.04. The summed E-state index contributed by atoms with van der Waals surface area (Å²) in [5.74, 6) is 0.290. The number of hydrogen-bond donors (Lipinski definition) is 0. The molecule has 17 heavy (non-hydrogen) atoms. The van der Waals surface area contributed by atoms with Gasteiger partial charge in [-0.25, -0.2) is 0 Å². The number of amides is 1. The molecule has 0 aromatic rings. The van der Waals surface area contributed by atoms with Crippen molar-refractivity contribution in [2.24, 2.45) is 0 Å². The fourth-order valence-corrected chi connectivity index (χ4v) is 3.94. The highest BCUT2D eigenvalue weighted by molar-refractivity contribution is 6.60. The van der Waals surface area contributed by atoms with E-state index in [1.165, 1.54) is 0 Å². The number of hydrogen-bond acceptors (Lipinski definition) is 4. The maximum Gasteiger partial charge on any atom is 0.500 e. The van der Waals surface area contributed by atoms with Crippen LogP contribution in [0.25, 0.3) is 0 Å². The quantitative estimate of drug-likeness (QED) is 0.487. The van der Waals surface area contributed by atoms with E-state index in [0.29, 0.717) is 12.3 Å². The van der Waals surface area contributed by atoms with Gasteiger partial charge in [0.15, 0.2) is 0 Å². The Morgan fingerprint density at radius 3 is 2.29 bits per heavy atom. The molecule has 1 rings (SSSR count). The Morgan fingerprint density at radius 2 is 1.82 bits per heavy atom. The molecule has 100 valence electrons. The molecule has 6 heteroatoms. The molecule has 0 aromatic heterocycles. The van der Waals surface area contributed by atoms with Crippen LogP contribution in [0.2, 0.25) is 6.04 Å². The van der Waals surface area contributed by atoms with Crippen molar-refractivity contribution in [2.75, 3.05) is 34.4 Å². The molecule has 1 aliphatic rings. The molecule has 0 radical (unpaired) electrons. The van der Waals surface area contributed by atoms with Crippen LogP contribution in [-0.2, 0) is 18.1 Å². The van der Waals surface area contributed by atoms with E-state index in [0.717, 1.165) is 38.4 Å². The molecule has 0 bridgehead atoms. The summed E-state index contributed by atoms with van der Waals surface area (Å²) >= 11 is 0. The standard InChI is InChI=1S/C11H23NO4Si/c1-14-17(15-2,16-3)10-5-4-8-12-9-6-7-11(12)13/h4-10H2,1-3H3. The number of rotatable bonds is 8. The van der Waals surface area contributed by atoms with Crippen molar-refractivity contribution in [1.82, 2.24) is 4.90 Å². The van der Waals surface area contributed by atoms with Crippen LogP contribution in [0.15, 0.2) is 0 Å². The second-order valence-corrected chi connectivity index (χ2v) is 7.33. The fourth-order valence-electron chi connectivity index (χ4n) is 2.14. The first kappa shape index (κ1) is 14.6. The summed E-state index contributed by atoms with van der Waals surface area (Å²) in [6.45, 7) is 1.76. The second kappa shape index (κ2) is 7.10. The smallest absolute Gasteiger partial charge is 0.377 e. The highest BCUT2D eigenvalue weighted by Crippen LogP contribution is 2.17. The van der Waals surface area contributed by atoms with E-state index in [4.69, 9.17) is 13.3 Å². The van der Waals surface area contributed by atoms with Gasteiger partial charge in [0.05, 0.1) is 0 Å². The molecule has 0 unspecified atom stereocenters. The third-order valence-electron chi connectivity index (χ3n) is 3.27. The van der Waals surface area contributed by atoms with Gasteiger partial charge in [-0.2, -0.15) is 0 Å². The average molecular weight is 261 g/mol. The Hall–Kier alpha value is -0.433. The molecule has 5 nitrogen and oxygen atoms in total. The number of carbonyl (C=O) groups is 1. The third kappa shape index (κ3) is 4.06. The maximum absolute atomic E-state index is 11.4. The Morgan fingerprint density at radius 1 is 1.18 bits per heavy atom. The van der Waals surface area contributed by atoms with Gasteiger partial charge >= 0.3 is 8.80 Å². The van der Waals surface area contributed by atoms with Crippen LogP contribution >= 0.6 is 0 Å². The number of unbranched alkanes of at least 4 members (excludes halogenated alkanes) is 1. The molecule has 1 heterocycles. The first-order valence-electron chi connectivity index (χ1n) is 6.10. The first-order chi connectivity index (χ1) is 8.17. The summed E-state index contributed by atoms with van der Waals surface area (Å²) in [4.78, 5) is 13.3. The Labute approximate surface area is 104 Å². The largest absolute Gasteiger partial charge is 0.500 e. The van der Waals surface area contributed by atoms with E-state index in [9.17, 15) is 4.79 Å². The van der Waals surface area contributed by atoms with Crippen molar-refractivity contribution in [1.29, 1.82) is 0 Å². The molecule has 0 aliphatic carbocycles. The van der Waals surface area contributed by atoms with Crippen LogP contribution in [0.4, 0.5) is 0 Å². The maximum atomic E-state index is 11.4. The Kier molecular flexibility index (Phi) is 6.11. The second-order valence-electron chi connectivity index (χ2n) is 4.24. The Bertz CT molecular complexity index is 237. The summed E-state index contributed by atoms with van der Waals surface area (Å²) in [6, 6.07) is 0.804. The molecule has 0 spiro atoms. The summed E-state index contributed by atoms with van der Waals surface area (Å²) < 4.78 is 16.0. The van der Waals surface area contributed by atoms with Crippen molar-refractivity contribution in [3.8, 4) is 0 Å². The van der Waals surface area contributed by atoms with Gasteiger partial charge in [0.1, 0.15) is 0 Å². The van der Waals surface area contributed by atoms with Gasteiger partial charge in [0.25, 0.3) is 0 Å². The minimum Gasteiger partial charge on any atom is -0.377 e. The van der Waals surface area contributed by atoms with E-state index in [-0.39, 0.29) is 0 Å². The number of nitrogens with zero attached hydrogens (tertiary/aromatic N) is 1. The van der Waals surface area contributed by atoms with Crippen LogP contribution in [0.5, 0.6) is 0 Å². The minimum atomic E-state index is -2.41. The molecular weight excluding hydrogens is 238 g/mol. The van der Waals surface area contributed by atoms with Crippen molar-refractivity contribution in [2.45, 2.75) is 31.7 Å². The monoisotopic (exact) mass is 261 g/mol. The van der Waals surface area contributed by atoms with E-state index in [1.807, 2.05) is 4.90 Å². The SMILES string of the molecule is CO[Si](CCCCN1CCCC1=O)(OC)OC. The predicted octanol–water partition coefficient (Wildman–Crippen LogP) is 1.27. The third-order valence-corrected chi connectivity index (χ3v) is 6.10. The van der Waals surface area contributed by atoms with Gasteiger partial charge in [0.2, 0.25) is 5.91 Å². The fraction of sp³-hybridized carbons (Fsp3) is 0.909. The lowest BCUT2D eigenvalue weighted by Gasteiger charge is -2.24. The molecule has 1 saturated heterocycles. The lowest BCUT2D eigenvalue weighted by Crippen LogP contribution is -2.42.